The van der Waals surface area contributed by atoms with Crippen LogP contribution in [0.3, 0.4) is 0 Å². The second-order valence-electron chi connectivity index (χ2n) is 5.01. The van der Waals surface area contributed by atoms with Crippen LogP contribution in [0.15, 0.2) is 22.7 Å². The van der Waals surface area contributed by atoms with Crippen LogP contribution >= 0.6 is 0 Å². The molecule has 1 aliphatic rings. The molecule has 2 N–H and O–H groups in total. The Labute approximate surface area is 108 Å². The van der Waals surface area contributed by atoms with Gasteiger partial charge in [-0.1, -0.05) is 12.1 Å². The fourth-order valence-corrected chi connectivity index (χ4v) is 1.83. The first-order valence-corrected chi connectivity index (χ1v) is 5.88. The molecule has 7 nitrogen and oxygen atoms in total. The second kappa shape index (κ2) is 3.78. The zero-order valence-electron chi connectivity index (χ0n) is 10.3. The van der Waals surface area contributed by atoms with Crippen molar-refractivity contribution in [2.24, 2.45) is 0 Å². The number of nitro groups is 1. The summed E-state index contributed by atoms with van der Waals surface area (Å²) in [7, 11) is 0. The van der Waals surface area contributed by atoms with Gasteiger partial charge in [-0.05, 0) is 25.0 Å². The topological polar surface area (TPSA) is 108 Å². The van der Waals surface area contributed by atoms with Gasteiger partial charge in [0.2, 0.25) is 0 Å². The van der Waals surface area contributed by atoms with Gasteiger partial charge < -0.3 is 10.3 Å². The lowest BCUT2D eigenvalue weighted by atomic mass is 10.1. The summed E-state index contributed by atoms with van der Waals surface area (Å²) in [6.07, 6.45) is 2.07. The maximum Gasteiger partial charge on any atom is 0.292 e. The highest BCUT2D eigenvalue weighted by Crippen LogP contribution is 2.46. The van der Waals surface area contributed by atoms with Gasteiger partial charge >= 0.3 is 0 Å². The Morgan fingerprint density at radius 3 is 2.84 bits per heavy atom. The summed E-state index contributed by atoms with van der Waals surface area (Å²) < 4.78 is 5.17. The zero-order chi connectivity index (χ0) is 13.6. The molecule has 19 heavy (non-hydrogen) atoms. The smallest absolute Gasteiger partial charge is 0.292 e. The molecule has 0 aliphatic heterocycles. The minimum Gasteiger partial charge on any atom is -0.393 e. The van der Waals surface area contributed by atoms with E-state index in [1.807, 2.05) is 0 Å². The van der Waals surface area contributed by atoms with E-state index in [1.54, 1.807) is 6.07 Å². The molecule has 1 aromatic carbocycles. The van der Waals surface area contributed by atoms with Gasteiger partial charge in [0, 0.05) is 17.0 Å². The first-order chi connectivity index (χ1) is 8.99. The Hall–Kier alpha value is -2.44. The summed E-state index contributed by atoms with van der Waals surface area (Å²) in [4.78, 5) is 14.6. The van der Waals surface area contributed by atoms with E-state index < -0.39 is 4.92 Å². The third-order valence-electron chi connectivity index (χ3n) is 3.44. The third-order valence-corrected chi connectivity index (χ3v) is 3.44. The Balaban J connectivity index is 2.00. The van der Waals surface area contributed by atoms with Crippen LogP contribution in [0.2, 0.25) is 0 Å². The van der Waals surface area contributed by atoms with Gasteiger partial charge in [-0.3, -0.25) is 10.1 Å². The van der Waals surface area contributed by atoms with Gasteiger partial charge in [-0.25, -0.2) is 0 Å². The number of aromatic nitrogens is 2. The molecule has 0 bridgehead atoms. The summed E-state index contributed by atoms with van der Waals surface area (Å²) in [5, 5.41) is 14.8. The Morgan fingerprint density at radius 1 is 1.47 bits per heavy atom. The quantitative estimate of drug-likeness (QED) is 0.515. The van der Waals surface area contributed by atoms with E-state index in [2.05, 4.69) is 17.1 Å². The summed E-state index contributed by atoms with van der Waals surface area (Å²) in [5.41, 5.74) is 6.01. The molecule has 0 unspecified atom stereocenters. The lowest BCUT2D eigenvalue weighted by Gasteiger charge is -1.99. The Morgan fingerprint density at radius 2 is 2.21 bits per heavy atom. The van der Waals surface area contributed by atoms with Crippen LogP contribution in [0.25, 0.3) is 11.5 Å². The summed E-state index contributed by atoms with van der Waals surface area (Å²) >= 11 is 0. The highest BCUT2D eigenvalue weighted by molar-refractivity contribution is 5.67. The van der Waals surface area contributed by atoms with Gasteiger partial charge in [-0.15, -0.1) is 0 Å². The number of nitrogens with zero attached hydrogens (tertiary/aromatic N) is 3. The van der Waals surface area contributed by atoms with E-state index in [0.717, 1.165) is 12.8 Å². The lowest BCUT2D eigenvalue weighted by Crippen LogP contribution is -2.01. The molecule has 0 radical (unpaired) electrons. The molecule has 1 aromatic heterocycles. The van der Waals surface area contributed by atoms with Crippen molar-refractivity contribution in [3.63, 3.8) is 0 Å². The predicted molar refractivity (Wildman–Crippen MR) is 67.4 cm³/mol. The molecule has 7 heteroatoms. The summed E-state index contributed by atoms with van der Waals surface area (Å²) in [6, 6.07) is 4.45. The molecule has 3 rings (SSSR count). The highest BCUT2D eigenvalue weighted by Gasteiger charge is 2.43. The largest absolute Gasteiger partial charge is 0.393 e. The average Bonchev–Trinajstić information content (AvgIpc) is 2.93. The maximum atomic E-state index is 10.8. The molecule has 2 aromatic rings. The summed E-state index contributed by atoms with van der Waals surface area (Å²) in [6.45, 7) is 2.06. The van der Waals surface area contributed by atoms with Crippen LogP contribution in [0.5, 0.6) is 0 Å². The van der Waals surface area contributed by atoms with Crippen LogP contribution in [0, 0.1) is 10.1 Å². The zero-order valence-corrected chi connectivity index (χ0v) is 10.3. The van der Waals surface area contributed by atoms with Crippen molar-refractivity contribution in [3.8, 4) is 11.5 Å². The third kappa shape index (κ3) is 1.92. The minimum absolute atomic E-state index is 0.00148. The van der Waals surface area contributed by atoms with Crippen molar-refractivity contribution in [1.29, 1.82) is 0 Å². The van der Waals surface area contributed by atoms with E-state index in [-0.39, 0.29) is 22.7 Å². The number of anilines is 1. The number of nitrogens with two attached hydrogens (primary N) is 1. The maximum absolute atomic E-state index is 10.8. The molecule has 0 saturated heterocycles. The molecule has 0 amide bonds. The second-order valence-corrected chi connectivity index (χ2v) is 5.01. The molecule has 0 spiro atoms. The van der Waals surface area contributed by atoms with Crippen molar-refractivity contribution in [3.05, 3.63) is 34.1 Å². The molecule has 1 aliphatic carbocycles. The standard InChI is InChI=1S/C12H12N4O3/c1-12(4-5-12)11-14-10(19-15-11)7-2-3-8(13)9(6-7)16(17)18/h2-3,6H,4-5,13H2,1H3. The first-order valence-electron chi connectivity index (χ1n) is 5.88. The van der Waals surface area contributed by atoms with Gasteiger partial charge in [0.05, 0.1) is 4.92 Å². The highest BCUT2D eigenvalue weighted by atomic mass is 16.6. The van der Waals surface area contributed by atoms with Crippen molar-refractivity contribution < 1.29 is 9.45 Å². The van der Waals surface area contributed by atoms with Crippen LogP contribution in [0.4, 0.5) is 11.4 Å². The van der Waals surface area contributed by atoms with Gasteiger partial charge in [0.25, 0.3) is 11.6 Å². The van der Waals surface area contributed by atoms with Gasteiger partial charge in [0.15, 0.2) is 5.82 Å². The number of nitro benzene ring substituents is 1. The molecule has 0 atom stereocenters. The van der Waals surface area contributed by atoms with Crippen LogP contribution in [0.1, 0.15) is 25.6 Å². The van der Waals surface area contributed by atoms with Crippen LogP contribution < -0.4 is 5.73 Å². The SMILES string of the molecule is CC1(c2noc(-c3ccc(N)c([N+](=O)[O-])c3)n2)CC1. The number of rotatable bonds is 3. The van der Waals surface area contributed by atoms with Crippen molar-refractivity contribution >= 4 is 11.4 Å². The van der Waals surface area contributed by atoms with E-state index in [9.17, 15) is 10.1 Å². The molecule has 98 valence electrons. The number of nitrogen functional groups attached to an aromatic ring is 1. The fraction of sp³-hybridized carbons (Fsp3) is 0.333. The van der Waals surface area contributed by atoms with Crippen molar-refractivity contribution in [2.75, 3.05) is 5.73 Å². The normalized spacial score (nSPS) is 16.3. The average molecular weight is 260 g/mol. The van der Waals surface area contributed by atoms with Crippen molar-refractivity contribution in [1.82, 2.24) is 10.1 Å². The monoisotopic (exact) mass is 260 g/mol. The molecular weight excluding hydrogens is 248 g/mol. The van der Waals surface area contributed by atoms with E-state index in [1.165, 1.54) is 12.1 Å². The van der Waals surface area contributed by atoms with Gasteiger partial charge in [0.1, 0.15) is 5.69 Å². The Bertz CT molecular complexity index is 661. The van der Waals surface area contributed by atoms with Crippen LogP contribution in [-0.2, 0) is 5.41 Å². The number of hydrogen-bond donors (Lipinski definition) is 1. The minimum atomic E-state index is -0.529. The van der Waals surface area contributed by atoms with E-state index >= 15 is 0 Å². The fourth-order valence-electron chi connectivity index (χ4n) is 1.83. The molecule has 1 fully saturated rings. The van der Waals surface area contributed by atoms with Crippen molar-refractivity contribution in [2.45, 2.75) is 25.2 Å². The Kier molecular flexibility index (Phi) is 2.31. The van der Waals surface area contributed by atoms with E-state index in [4.69, 9.17) is 10.3 Å². The molecule has 1 saturated carbocycles. The number of hydrogen-bond acceptors (Lipinski definition) is 6. The van der Waals surface area contributed by atoms with Gasteiger partial charge in [-0.2, -0.15) is 4.98 Å². The lowest BCUT2D eigenvalue weighted by molar-refractivity contribution is -0.383. The molecule has 1 heterocycles. The predicted octanol–water partition coefficient (Wildman–Crippen LogP) is 2.28. The van der Waals surface area contributed by atoms with E-state index in [0.29, 0.717) is 11.4 Å². The first kappa shape index (κ1) is 11.6. The number of benzene rings is 1. The summed E-state index contributed by atoms with van der Waals surface area (Å²) in [5.74, 6) is 0.938. The van der Waals surface area contributed by atoms with Crippen LogP contribution in [-0.4, -0.2) is 15.1 Å². The molecular formula is C12H12N4O3.